The first-order chi connectivity index (χ1) is 13.9. The first kappa shape index (κ1) is 19.1. The Bertz CT molecular complexity index is 746. The van der Waals surface area contributed by atoms with E-state index in [0.717, 1.165) is 36.1 Å². The van der Waals surface area contributed by atoms with Crippen LogP contribution in [0.5, 0.6) is 0 Å². The quantitative estimate of drug-likeness (QED) is 0.536. The van der Waals surface area contributed by atoms with Gasteiger partial charge in [-0.15, -0.1) is 0 Å². The molecule has 160 valence electrons. The van der Waals surface area contributed by atoms with E-state index in [9.17, 15) is 0 Å². The van der Waals surface area contributed by atoms with Gasteiger partial charge in [-0.1, -0.05) is 45.9 Å². The molecule has 0 aromatic carbocycles. The van der Waals surface area contributed by atoms with Gasteiger partial charge in [-0.25, -0.2) is 0 Å². The summed E-state index contributed by atoms with van der Waals surface area (Å²) >= 11 is 0. The Morgan fingerprint density at radius 1 is 1.07 bits per heavy atom. The molecule has 2 heterocycles. The van der Waals surface area contributed by atoms with Crippen LogP contribution in [-0.4, -0.2) is 18.4 Å². The third-order valence-corrected chi connectivity index (χ3v) is 11.1. The molecule has 0 radical (unpaired) electrons. The molecule has 29 heavy (non-hydrogen) atoms. The van der Waals surface area contributed by atoms with Crippen LogP contribution in [0.3, 0.4) is 0 Å². The van der Waals surface area contributed by atoms with Crippen LogP contribution in [0.15, 0.2) is 23.8 Å². The molecule has 10 atom stereocenters. The first-order valence-corrected chi connectivity index (χ1v) is 12.7. The summed E-state index contributed by atoms with van der Waals surface area (Å²) in [4.78, 5) is 0. The van der Waals surface area contributed by atoms with Gasteiger partial charge in [0.25, 0.3) is 0 Å². The molecule has 2 nitrogen and oxygen atoms in total. The minimum Gasteiger partial charge on any atom is -0.357 e. The Morgan fingerprint density at radius 2 is 1.93 bits per heavy atom. The molecule has 1 N–H and O–H groups in total. The minimum absolute atomic E-state index is 0.0214. The molecular formula is C27H41NO. The number of allylic oxidation sites excluding steroid dienone is 4. The van der Waals surface area contributed by atoms with Gasteiger partial charge >= 0.3 is 0 Å². The normalized spacial score (nSPS) is 58.3. The number of fused-ring (bicyclic) bond motifs is 7. The summed E-state index contributed by atoms with van der Waals surface area (Å²) < 4.78 is 7.01. The molecule has 2 aliphatic heterocycles. The van der Waals surface area contributed by atoms with Crippen molar-refractivity contribution in [2.24, 2.45) is 46.3 Å². The smallest absolute Gasteiger partial charge is 0.122 e. The van der Waals surface area contributed by atoms with Gasteiger partial charge in [-0.3, -0.25) is 5.32 Å². The van der Waals surface area contributed by atoms with Gasteiger partial charge in [0.05, 0.1) is 6.10 Å². The SMILES string of the molecule is C[C@H]1CC[C@]2(NC1)O[C@H]1C[C@H]3[C@@H]4CC=C5C=CCC[C@]5(C)[C@H]4CC[C@]3(C)[C@H]1[C@H]2C. The van der Waals surface area contributed by atoms with Crippen LogP contribution >= 0.6 is 0 Å². The molecule has 0 aromatic heterocycles. The zero-order valence-electron chi connectivity index (χ0n) is 19.0. The summed E-state index contributed by atoms with van der Waals surface area (Å²) in [6.07, 6.45) is 18.7. The van der Waals surface area contributed by atoms with Crippen molar-refractivity contribution in [3.05, 3.63) is 23.8 Å². The lowest BCUT2D eigenvalue weighted by molar-refractivity contribution is -0.114. The topological polar surface area (TPSA) is 21.3 Å². The Kier molecular flexibility index (Phi) is 4.10. The zero-order valence-corrected chi connectivity index (χ0v) is 19.0. The molecule has 6 aliphatic rings. The number of piperidine rings is 1. The molecule has 0 aromatic rings. The summed E-state index contributed by atoms with van der Waals surface area (Å²) in [6, 6.07) is 0. The standard InChI is InChI=1S/C27H41NO/c1-17-10-14-27(28-16-17)18(2)24-23(29-27)15-22-20-9-8-19-7-5-6-12-25(19,3)21(20)11-13-26(22,24)4/h5,7-8,17-18,20-24,28H,6,9-16H2,1-4H3/t17-,18+,20+,21-,22-,23-,24-,25-,26-,27-/m0/s1. The molecule has 0 unspecified atom stereocenters. The number of rotatable bonds is 0. The third kappa shape index (κ3) is 2.42. The summed E-state index contributed by atoms with van der Waals surface area (Å²) in [6.45, 7) is 11.3. The Hall–Kier alpha value is -0.600. The molecule has 2 saturated carbocycles. The molecule has 6 rings (SSSR count). The van der Waals surface area contributed by atoms with Crippen LogP contribution < -0.4 is 5.32 Å². The van der Waals surface area contributed by atoms with E-state index in [2.05, 4.69) is 51.2 Å². The van der Waals surface area contributed by atoms with Crippen LogP contribution in [0.25, 0.3) is 0 Å². The number of hydrogen-bond donors (Lipinski definition) is 1. The highest BCUT2D eigenvalue weighted by atomic mass is 16.5. The van der Waals surface area contributed by atoms with Crippen molar-refractivity contribution in [1.29, 1.82) is 0 Å². The first-order valence-electron chi connectivity index (χ1n) is 12.7. The minimum atomic E-state index is -0.0214. The van der Waals surface area contributed by atoms with Crippen LogP contribution in [0.2, 0.25) is 0 Å². The van der Waals surface area contributed by atoms with Crippen molar-refractivity contribution in [3.63, 3.8) is 0 Å². The van der Waals surface area contributed by atoms with Crippen molar-refractivity contribution < 1.29 is 4.74 Å². The predicted octanol–water partition coefficient (Wildman–Crippen LogP) is 6.09. The maximum atomic E-state index is 7.01. The lowest BCUT2D eigenvalue weighted by Crippen LogP contribution is -2.56. The maximum absolute atomic E-state index is 7.01. The second-order valence-electron chi connectivity index (χ2n) is 12.3. The van der Waals surface area contributed by atoms with E-state index in [1.165, 1.54) is 51.4 Å². The fourth-order valence-electron chi connectivity index (χ4n) is 9.50. The van der Waals surface area contributed by atoms with Gasteiger partial charge in [0, 0.05) is 12.5 Å². The van der Waals surface area contributed by atoms with Crippen molar-refractivity contribution in [3.8, 4) is 0 Å². The van der Waals surface area contributed by atoms with Crippen molar-refractivity contribution in [2.75, 3.05) is 6.54 Å². The van der Waals surface area contributed by atoms with E-state index in [-0.39, 0.29) is 5.72 Å². The molecule has 0 amide bonds. The third-order valence-electron chi connectivity index (χ3n) is 11.1. The lowest BCUT2D eigenvalue weighted by Gasteiger charge is -2.57. The molecule has 1 spiro atoms. The van der Waals surface area contributed by atoms with Gasteiger partial charge < -0.3 is 4.74 Å². The monoisotopic (exact) mass is 395 g/mol. The average molecular weight is 396 g/mol. The lowest BCUT2D eigenvalue weighted by atomic mass is 9.47. The summed E-state index contributed by atoms with van der Waals surface area (Å²) in [5, 5.41) is 3.90. The van der Waals surface area contributed by atoms with Crippen LogP contribution in [0, 0.1) is 46.3 Å². The van der Waals surface area contributed by atoms with E-state index in [0.29, 0.717) is 22.9 Å². The van der Waals surface area contributed by atoms with Gasteiger partial charge in [0.15, 0.2) is 0 Å². The molecular weight excluding hydrogens is 354 g/mol. The Morgan fingerprint density at radius 3 is 2.72 bits per heavy atom. The zero-order chi connectivity index (χ0) is 20.0. The van der Waals surface area contributed by atoms with Crippen molar-refractivity contribution in [1.82, 2.24) is 5.32 Å². The molecule has 4 aliphatic carbocycles. The summed E-state index contributed by atoms with van der Waals surface area (Å²) in [7, 11) is 0. The highest BCUT2D eigenvalue weighted by Gasteiger charge is 2.67. The predicted molar refractivity (Wildman–Crippen MR) is 118 cm³/mol. The summed E-state index contributed by atoms with van der Waals surface area (Å²) in [5.74, 6) is 4.82. The fraction of sp³-hybridized carbons (Fsp3) is 0.852. The number of nitrogens with one attached hydrogen (secondary N) is 1. The van der Waals surface area contributed by atoms with E-state index in [1.807, 2.05) is 0 Å². The molecule has 2 saturated heterocycles. The van der Waals surface area contributed by atoms with Crippen molar-refractivity contribution in [2.45, 2.75) is 90.9 Å². The number of ether oxygens (including phenoxy) is 1. The van der Waals surface area contributed by atoms with Crippen LogP contribution in [-0.2, 0) is 4.74 Å². The van der Waals surface area contributed by atoms with Gasteiger partial charge in [-0.05, 0) is 97.4 Å². The van der Waals surface area contributed by atoms with E-state index < -0.39 is 0 Å². The Labute approximate surface area is 177 Å². The second kappa shape index (κ2) is 6.22. The second-order valence-corrected chi connectivity index (χ2v) is 12.3. The van der Waals surface area contributed by atoms with Crippen LogP contribution in [0.1, 0.15) is 79.1 Å². The average Bonchev–Trinajstić information content (AvgIpc) is 3.15. The Balaban J connectivity index is 1.30. The van der Waals surface area contributed by atoms with Crippen LogP contribution in [0.4, 0.5) is 0 Å². The van der Waals surface area contributed by atoms with E-state index in [4.69, 9.17) is 4.74 Å². The number of hydrogen-bond acceptors (Lipinski definition) is 2. The van der Waals surface area contributed by atoms with Gasteiger partial charge in [0.2, 0.25) is 0 Å². The fourth-order valence-corrected chi connectivity index (χ4v) is 9.50. The van der Waals surface area contributed by atoms with E-state index >= 15 is 0 Å². The van der Waals surface area contributed by atoms with Crippen molar-refractivity contribution >= 4 is 0 Å². The summed E-state index contributed by atoms with van der Waals surface area (Å²) in [5.41, 5.74) is 2.56. The molecule has 4 fully saturated rings. The highest BCUT2D eigenvalue weighted by molar-refractivity contribution is 5.34. The molecule has 2 heteroatoms. The maximum Gasteiger partial charge on any atom is 0.122 e. The van der Waals surface area contributed by atoms with Gasteiger partial charge in [0.1, 0.15) is 5.72 Å². The van der Waals surface area contributed by atoms with E-state index in [1.54, 1.807) is 5.57 Å². The largest absolute Gasteiger partial charge is 0.357 e. The van der Waals surface area contributed by atoms with Gasteiger partial charge in [-0.2, -0.15) is 0 Å². The molecule has 0 bridgehead atoms. The highest BCUT2D eigenvalue weighted by Crippen LogP contribution is 2.69.